The van der Waals surface area contributed by atoms with Crippen LogP contribution in [0.25, 0.3) is 0 Å². The van der Waals surface area contributed by atoms with Crippen LogP contribution in [-0.4, -0.2) is 16.6 Å². The zero-order chi connectivity index (χ0) is 9.19. The fourth-order valence-electron chi connectivity index (χ4n) is 0.948. The summed E-state index contributed by atoms with van der Waals surface area (Å²) in [5.41, 5.74) is 5.91. The van der Waals surface area contributed by atoms with Gasteiger partial charge >= 0.3 is 0 Å². The SMILES string of the molecule is Cc1cccc(C(C)(O)CN)n1. The summed E-state index contributed by atoms with van der Waals surface area (Å²) in [7, 11) is 0. The normalized spacial score (nSPS) is 15.7. The van der Waals surface area contributed by atoms with Crippen LogP contribution in [0.1, 0.15) is 18.3 Å². The average molecular weight is 166 g/mol. The van der Waals surface area contributed by atoms with Crippen LogP contribution in [-0.2, 0) is 5.60 Å². The van der Waals surface area contributed by atoms with Crippen LogP contribution < -0.4 is 5.73 Å². The van der Waals surface area contributed by atoms with Crippen molar-refractivity contribution in [3.05, 3.63) is 29.6 Å². The van der Waals surface area contributed by atoms with Gasteiger partial charge in [-0.3, -0.25) is 4.98 Å². The lowest BCUT2D eigenvalue weighted by Gasteiger charge is -2.20. The van der Waals surface area contributed by atoms with Gasteiger partial charge in [-0.25, -0.2) is 0 Å². The number of aromatic nitrogens is 1. The molecule has 3 heteroatoms. The van der Waals surface area contributed by atoms with Crippen LogP contribution in [0.2, 0.25) is 0 Å². The lowest BCUT2D eigenvalue weighted by molar-refractivity contribution is 0.0620. The fraction of sp³-hybridized carbons (Fsp3) is 0.444. The number of pyridine rings is 1. The van der Waals surface area contributed by atoms with Crippen molar-refractivity contribution in [2.24, 2.45) is 5.73 Å². The number of nitrogens with two attached hydrogens (primary N) is 1. The minimum atomic E-state index is -1.01. The Morgan fingerprint density at radius 1 is 1.58 bits per heavy atom. The molecule has 0 saturated heterocycles. The predicted octanol–water partition coefficient (Wildman–Crippen LogP) is 0.556. The minimum absolute atomic E-state index is 0.184. The summed E-state index contributed by atoms with van der Waals surface area (Å²) in [5.74, 6) is 0. The molecule has 0 fully saturated rings. The summed E-state index contributed by atoms with van der Waals surface area (Å²) >= 11 is 0. The zero-order valence-electron chi connectivity index (χ0n) is 7.41. The van der Waals surface area contributed by atoms with Crippen molar-refractivity contribution in [3.8, 4) is 0 Å². The smallest absolute Gasteiger partial charge is 0.116 e. The summed E-state index contributed by atoms with van der Waals surface area (Å²) in [5, 5.41) is 9.73. The van der Waals surface area contributed by atoms with Gasteiger partial charge in [-0.05, 0) is 26.0 Å². The molecule has 0 spiro atoms. The van der Waals surface area contributed by atoms with E-state index in [1.807, 2.05) is 19.1 Å². The van der Waals surface area contributed by atoms with Crippen molar-refractivity contribution in [2.45, 2.75) is 19.4 Å². The molecule has 0 radical (unpaired) electrons. The summed E-state index contributed by atoms with van der Waals surface area (Å²) in [4.78, 5) is 4.19. The van der Waals surface area contributed by atoms with Gasteiger partial charge in [0.05, 0.1) is 5.69 Å². The molecule has 0 aliphatic heterocycles. The minimum Gasteiger partial charge on any atom is -0.383 e. The molecule has 1 atom stereocenters. The van der Waals surface area contributed by atoms with E-state index in [1.54, 1.807) is 13.0 Å². The second-order valence-corrected chi connectivity index (χ2v) is 3.14. The number of hydrogen-bond donors (Lipinski definition) is 2. The monoisotopic (exact) mass is 166 g/mol. The molecule has 0 bridgehead atoms. The number of hydrogen-bond acceptors (Lipinski definition) is 3. The molecule has 3 N–H and O–H groups in total. The maximum Gasteiger partial charge on any atom is 0.116 e. The Morgan fingerprint density at radius 2 is 2.25 bits per heavy atom. The van der Waals surface area contributed by atoms with Gasteiger partial charge in [0.1, 0.15) is 5.60 Å². The number of rotatable bonds is 2. The Kier molecular flexibility index (Phi) is 2.45. The van der Waals surface area contributed by atoms with Gasteiger partial charge in [0.25, 0.3) is 0 Å². The lowest BCUT2D eigenvalue weighted by atomic mass is 10.0. The Labute approximate surface area is 72.2 Å². The third-order valence-electron chi connectivity index (χ3n) is 1.84. The molecular weight excluding hydrogens is 152 g/mol. The first-order valence-electron chi connectivity index (χ1n) is 3.93. The molecule has 0 aliphatic carbocycles. The molecule has 66 valence electrons. The van der Waals surface area contributed by atoms with Gasteiger partial charge in [0.15, 0.2) is 0 Å². The highest BCUT2D eigenvalue weighted by Gasteiger charge is 2.21. The molecule has 3 nitrogen and oxygen atoms in total. The molecule has 1 rings (SSSR count). The number of nitrogens with zero attached hydrogens (tertiary/aromatic N) is 1. The zero-order valence-corrected chi connectivity index (χ0v) is 7.41. The standard InChI is InChI=1S/C9H14N2O/c1-7-4-3-5-8(11-7)9(2,12)6-10/h3-5,12H,6,10H2,1-2H3. The van der Waals surface area contributed by atoms with Gasteiger partial charge in [0.2, 0.25) is 0 Å². The molecule has 0 amide bonds. The second kappa shape index (κ2) is 3.21. The van der Waals surface area contributed by atoms with Crippen LogP contribution >= 0.6 is 0 Å². The van der Waals surface area contributed by atoms with Crippen molar-refractivity contribution >= 4 is 0 Å². The molecule has 1 aromatic rings. The summed E-state index contributed by atoms with van der Waals surface area (Å²) < 4.78 is 0. The fourth-order valence-corrected chi connectivity index (χ4v) is 0.948. The molecule has 1 heterocycles. The summed E-state index contributed by atoms with van der Waals surface area (Å²) in [6, 6.07) is 5.53. The molecule has 1 unspecified atom stereocenters. The van der Waals surface area contributed by atoms with Crippen molar-refractivity contribution in [1.82, 2.24) is 4.98 Å². The van der Waals surface area contributed by atoms with Crippen molar-refractivity contribution < 1.29 is 5.11 Å². The molecule has 0 aromatic carbocycles. The average Bonchev–Trinajstić information content (AvgIpc) is 2.05. The highest BCUT2D eigenvalue weighted by Crippen LogP contribution is 2.16. The third-order valence-corrected chi connectivity index (χ3v) is 1.84. The summed E-state index contributed by atoms with van der Waals surface area (Å²) in [6.07, 6.45) is 0. The van der Waals surface area contributed by atoms with E-state index >= 15 is 0 Å². The van der Waals surface area contributed by atoms with Crippen LogP contribution in [0.5, 0.6) is 0 Å². The Balaban J connectivity index is 3.03. The van der Waals surface area contributed by atoms with Gasteiger partial charge in [-0.15, -0.1) is 0 Å². The van der Waals surface area contributed by atoms with Gasteiger partial charge < -0.3 is 10.8 Å². The van der Waals surface area contributed by atoms with E-state index in [0.29, 0.717) is 5.69 Å². The van der Waals surface area contributed by atoms with E-state index in [-0.39, 0.29) is 6.54 Å². The van der Waals surface area contributed by atoms with E-state index in [0.717, 1.165) is 5.69 Å². The lowest BCUT2D eigenvalue weighted by Crippen LogP contribution is -2.32. The first kappa shape index (κ1) is 9.16. The van der Waals surface area contributed by atoms with Gasteiger partial charge in [-0.2, -0.15) is 0 Å². The maximum absolute atomic E-state index is 9.73. The van der Waals surface area contributed by atoms with Crippen LogP contribution in [0.15, 0.2) is 18.2 Å². The summed E-state index contributed by atoms with van der Waals surface area (Å²) in [6.45, 7) is 3.73. The highest BCUT2D eigenvalue weighted by molar-refractivity contribution is 5.15. The topological polar surface area (TPSA) is 59.1 Å². The first-order chi connectivity index (χ1) is 5.56. The Bertz CT molecular complexity index is 271. The van der Waals surface area contributed by atoms with Crippen molar-refractivity contribution in [1.29, 1.82) is 0 Å². The Morgan fingerprint density at radius 3 is 2.75 bits per heavy atom. The van der Waals surface area contributed by atoms with Crippen LogP contribution in [0, 0.1) is 6.92 Å². The molecular formula is C9H14N2O. The maximum atomic E-state index is 9.73. The van der Waals surface area contributed by atoms with Crippen LogP contribution in [0.3, 0.4) is 0 Å². The molecule has 1 aromatic heterocycles. The highest BCUT2D eigenvalue weighted by atomic mass is 16.3. The van der Waals surface area contributed by atoms with E-state index < -0.39 is 5.60 Å². The second-order valence-electron chi connectivity index (χ2n) is 3.14. The van der Waals surface area contributed by atoms with E-state index in [9.17, 15) is 5.11 Å². The molecule has 0 saturated carbocycles. The van der Waals surface area contributed by atoms with E-state index in [1.165, 1.54) is 0 Å². The van der Waals surface area contributed by atoms with E-state index in [2.05, 4.69) is 4.98 Å². The number of aryl methyl sites for hydroxylation is 1. The quantitative estimate of drug-likeness (QED) is 0.674. The molecule has 0 aliphatic rings. The van der Waals surface area contributed by atoms with E-state index in [4.69, 9.17) is 5.73 Å². The first-order valence-corrected chi connectivity index (χ1v) is 3.93. The van der Waals surface area contributed by atoms with Crippen molar-refractivity contribution in [3.63, 3.8) is 0 Å². The number of aliphatic hydroxyl groups is 1. The van der Waals surface area contributed by atoms with Gasteiger partial charge in [0, 0.05) is 12.2 Å². The van der Waals surface area contributed by atoms with Crippen molar-refractivity contribution in [2.75, 3.05) is 6.54 Å². The Hall–Kier alpha value is -0.930. The third kappa shape index (κ3) is 1.81. The molecule has 12 heavy (non-hydrogen) atoms. The predicted molar refractivity (Wildman–Crippen MR) is 47.6 cm³/mol. The van der Waals surface area contributed by atoms with Crippen LogP contribution in [0.4, 0.5) is 0 Å². The largest absolute Gasteiger partial charge is 0.383 e. The van der Waals surface area contributed by atoms with Gasteiger partial charge in [-0.1, -0.05) is 6.07 Å².